The van der Waals surface area contributed by atoms with Gasteiger partial charge in [-0.15, -0.1) is 0 Å². The predicted octanol–water partition coefficient (Wildman–Crippen LogP) is 3.10. The van der Waals surface area contributed by atoms with Crippen molar-refractivity contribution in [1.29, 1.82) is 0 Å². The molecule has 26 heavy (non-hydrogen) atoms. The van der Waals surface area contributed by atoms with Gasteiger partial charge in [0, 0.05) is 12.1 Å². The molecule has 0 fully saturated rings. The first-order valence-electron chi connectivity index (χ1n) is 8.20. The van der Waals surface area contributed by atoms with Crippen LogP contribution >= 0.6 is 11.6 Å². The molecule has 7 heteroatoms. The van der Waals surface area contributed by atoms with Gasteiger partial charge in [-0.2, -0.15) is 0 Å². The molecule has 1 N–H and O–H groups in total. The van der Waals surface area contributed by atoms with E-state index in [0.717, 1.165) is 17.1 Å². The summed E-state index contributed by atoms with van der Waals surface area (Å²) in [6.07, 6.45) is 0.670. The Balaban J connectivity index is 1.61. The third-order valence-corrected chi connectivity index (χ3v) is 4.28. The minimum atomic E-state index is -0.231. The van der Waals surface area contributed by atoms with Crippen LogP contribution in [0.4, 0.5) is 0 Å². The Kier molecular flexibility index (Phi) is 5.73. The van der Waals surface area contributed by atoms with Crippen LogP contribution in [0, 0.1) is 0 Å². The Morgan fingerprint density at radius 2 is 1.88 bits per heavy atom. The molecule has 0 bridgehead atoms. The lowest BCUT2D eigenvalue weighted by molar-refractivity contribution is 0.0953. The highest BCUT2D eigenvalue weighted by atomic mass is 35.5. The molecule has 0 saturated heterocycles. The van der Waals surface area contributed by atoms with Gasteiger partial charge in [-0.25, -0.2) is 0 Å². The predicted molar refractivity (Wildman–Crippen MR) is 98.0 cm³/mol. The highest BCUT2D eigenvalue weighted by Gasteiger charge is 2.15. The lowest BCUT2D eigenvalue weighted by Crippen LogP contribution is -2.25. The van der Waals surface area contributed by atoms with Crippen molar-refractivity contribution in [3.8, 4) is 23.0 Å². The van der Waals surface area contributed by atoms with E-state index >= 15 is 0 Å². The van der Waals surface area contributed by atoms with Crippen molar-refractivity contribution >= 4 is 17.5 Å². The van der Waals surface area contributed by atoms with E-state index in [9.17, 15) is 4.79 Å². The molecule has 0 saturated carbocycles. The van der Waals surface area contributed by atoms with Crippen LogP contribution in [0.3, 0.4) is 0 Å². The number of amides is 1. The molecule has 0 spiro atoms. The van der Waals surface area contributed by atoms with E-state index in [4.69, 9.17) is 30.5 Å². The van der Waals surface area contributed by atoms with Gasteiger partial charge in [0.05, 0.1) is 19.2 Å². The normalized spacial score (nSPS) is 12.4. The number of ether oxygens (including phenoxy) is 4. The van der Waals surface area contributed by atoms with Crippen LogP contribution < -0.4 is 24.3 Å². The number of methoxy groups -OCH3 is 2. The number of carbonyl (C=O) groups excluding carboxylic acids is 1. The summed E-state index contributed by atoms with van der Waals surface area (Å²) in [6.45, 7) is 1.59. The molecule has 138 valence electrons. The third kappa shape index (κ3) is 3.96. The van der Waals surface area contributed by atoms with Gasteiger partial charge in [0.1, 0.15) is 13.2 Å². The Labute approximate surface area is 157 Å². The zero-order valence-corrected chi connectivity index (χ0v) is 15.4. The topological polar surface area (TPSA) is 66.0 Å². The Hall–Kier alpha value is -2.60. The monoisotopic (exact) mass is 377 g/mol. The minimum Gasteiger partial charge on any atom is -0.493 e. The molecular weight excluding hydrogens is 358 g/mol. The molecule has 1 amide bonds. The molecule has 3 rings (SSSR count). The smallest absolute Gasteiger partial charge is 0.251 e. The van der Waals surface area contributed by atoms with E-state index in [1.165, 1.54) is 14.2 Å². The number of benzene rings is 2. The molecule has 1 aliphatic heterocycles. The summed E-state index contributed by atoms with van der Waals surface area (Å²) >= 11 is 6.14. The van der Waals surface area contributed by atoms with E-state index in [0.29, 0.717) is 48.3 Å². The largest absolute Gasteiger partial charge is 0.493 e. The van der Waals surface area contributed by atoms with Crippen LogP contribution in [-0.4, -0.2) is 39.9 Å². The molecule has 2 aromatic rings. The van der Waals surface area contributed by atoms with Crippen molar-refractivity contribution in [2.24, 2.45) is 0 Å². The number of fused-ring (bicyclic) bond motifs is 1. The van der Waals surface area contributed by atoms with Gasteiger partial charge >= 0.3 is 0 Å². The third-order valence-electron chi connectivity index (χ3n) is 4.00. The SMILES string of the molecule is COc1cc(C(=O)NCCc2ccc3c(c2)OCCO3)cc(Cl)c1OC. The fraction of sp³-hybridized carbons (Fsp3) is 0.316. The van der Waals surface area contributed by atoms with Crippen molar-refractivity contribution in [2.75, 3.05) is 34.0 Å². The van der Waals surface area contributed by atoms with Crippen molar-refractivity contribution in [1.82, 2.24) is 5.32 Å². The Morgan fingerprint density at radius 1 is 1.12 bits per heavy atom. The van der Waals surface area contributed by atoms with Gasteiger partial charge in [0.15, 0.2) is 23.0 Å². The molecule has 0 radical (unpaired) electrons. The second-order valence-corrected chi connectivity index (χ2v) is 6.08. The van der Waals surface area contributed by atoms with Gasteiger partial charge in [-0.3, -0.25) is 4.79 Å². The highest BCUT2D eigenvalue weighted by molar-refractivity contribution is 6.32. The van der Waals surface area contributed by atoms with Crippen molar-refractivity contribution in [3.63, 3.8) is 0 Å². The zero-order chi connectivity index (χ0) is 18.5. The van der Waals surface area contributed by atoms with E-state index in [1.807, 2.05) is 18.2 Å². The summed E-state index contributed by atoms with van der Waals surface area (Å²) in [7, 11) is 2.99. The fourth-order valence-electron chi connectivity index (χ4n) is 2.71. The molecule has 1 heterocycles. The highest BCUT2D eigenvalue weighted by Crippen LogP contribution is 2.36. The first kappa shape index (κ1) is 18.2. The van der Waals surface area contributed by atoms with Gasteiger partial charge in [0.25, 0.3) is 5.91 Å². The number of carbonyl (C=O) groups is 1. The number of hydrogen-bond acceptors (Lipinski definition) is 5. The molecule has 0 aliphatic carbocycles. The lowest BCUT2D eigenvalue weighted by Gasteiger charge is -2.19. The fourth-order valence-corrected chi connectivity index (χ4v) is 3.00. The lowest BCUT2D eigenvalue weighted by atomic mass is 10.1. The second-order valence-electron chi connectivity index (χ2n) is 5.68. The van der Waals surface area contributed by atoms with E-state index in [-0.39, 0.29) is 5.91 Å². The van der Waals surface area contributed by atoms with Crippen LogP contribution in [0.2, 0.25) is 5.02 Å². The van der Waals surface area contributed by atoms with E-state index in [2.05, 4.69) is 5.32 Å². The average molecular weight is 378 g/mol. The first-order valence-corrected chi connectivity index (χ1v) is 8.58. The minimum absolute atomic E-state index is 0.231. The summed E-state index contributed by atoms with van der Waals surface area (Å²) in [5.74, 6) is 2.08. The number of hydrogen-bond donors (Lipinski definition) is 1. The molecule has 0 aromatic heterocycles. The van der Waals surface area contributed by atoms with Crippen molar-refractivity contribution < 1.29 is 23.7 Å². The average Bonchev–Trinajstić information content (AvgIpc) is 2.67. The van der Waals surface area contributed by atoms with Crippen LogP contribution in [-0.2, 0) is 6.42 Å². The standard InChI is InChI=1S/C19H20ClNO5/c1-23-17-11-13(10-14(20)18(17)24-2)19(22)21-6-5-12-3-4-15-16(9-12)26-8-7-25-15/h3-4,9-11H,5-8H2,1-2H3,(H,21,22). The Bertz CT molecular complexity index is 809. The van der Waals surface area contributed by atoms with Crippen molar-refractivity contribution in [2.45, 2.75) is 6.42 Å². The van der Waals surface area contributed by atoms with Gasteiger partial charge in [-0.1, -0.05) is 17.7 Å². The Morgan fingerprint density at radius 3 is 2.62 bits per heavy atom. The summed E-state index contributed by atoms with van der Waals surface area (Å²) in [6, 6.07) is 8.95. The molecule has 2 aromatic carbocycles. The molecule has 0 unspecified atom stereocenters. The molecule has 1 aliphatic rings. The summed E-state index contributed by atoms with van der Waals surface area (Å²) < 4.78 is 21.5. The number of nitrogens with one attached hydrogen (secondary N) is 1. The van der Waals surface area contributed by atoms with E-state index in [1.54, 1.807) is 12.1 Å². The molecule has 0 atom stereocenters. The number of rotatable bonds is 6. The molecule has 6 nitrogen and oxygen atoms in total. The maximum atomic E-state index is 12.4. The van der Waals surface area contributed by atoms with Gasteiger partial charge < -0.3 is 24.3 Å². The first-order chi connectivity index (χ1) is 12.6. The molecular formula is C19H20ClNO5. The number of halogens is 1. The van der Waals surface area contributed by atoms with Crippen LogP contribution in [0.15, 0.2) is 30.3 Å². The summed E-state index contributed by atoms with van der Waals surface area (Å²) in [5, 5.41) is 3.20. The zero-order valence-electron chi connectivity index (χ0n) is 14.6. The van der Waals surface area contributed by atoms with Crippen LogP contribution in [0.5, 0.6) is 23.0 Å². The van der Waals surface area contributed by atoms with Crippen LogP contribution in [0.1, 0.15) is 15.9 Å². The van der Waals surface area contributed by atoms with E-state index < -0.39 is 0 Å². The maximum Gasteiger partial charge on any atom is 0.251 e. The summed E-state index contributed by atoms with van der Waals surface area (Å²) in [5.41, 5.74) is 1.47. The van der Waals surface area contributed by atoms with Crippen molar-refractivity contribution in [3.05, 3.63) is 46.5 Å². The summed E-state index contributed by atoms with van der Waals surface area (Å²) in [4.78, 5) is 12.4. The van der Waals surface area contributed by atoms with Gasteiger partial charge in [0.2, 0.25) is 0 Å². The quantitative estimate of drug-likeness (QED) is 0.838. The van der Waals surface area contributed by atoms with Crippen LogP contribution in [0.25, 0.3) is 0 Å². The second kappa shape index (κ2) is 8.19. The maximum absolute atomic E-state index is 12.4. The van der Waals surface area contributed by atoms with Gasteiger partial charge in [-0.05, 0) is 36.2 Å².